The Labute approximate surface area is 170 Å². The Morgan fingerprint density at radius 1 is 0.828 bits per heavy atom. The topological polar surface area (TPSA) is 66.4 Å². The first-order valence-electron chi connectivity index (χ1n) is 9.53. The van der Waals surface area contributed by atoms with Crippen LogP contribution >= 0.6 is 0 Å². The van der Waals surface area contributed by atoms with Crippen molar-refractivity contribution in [3.63, 3.8) is 0 Å². The first-order chi connectivity index (χ1) is 14.1. The maximum atomic E-state index is 12.3. The van der Waals surface area contributed by atoms with Gasteiger partial charge < -0.3 is 10.4 Å². The van der Waals surface area contributed by atoms with Crippen molar-refractivity contribution in [3.8, 4) is 0 Å². The Morgan fingerprint density at radius 3 is 2.17 bits per heavy atom. The molecule has 2 N–H and O–H groups in total. The van der Waals surface area contributed by atoms with E-state index in [4.69, 9.17) is 0 Å². The number of aromatic carboxylic acids is 1. The average Bonchev–Trinajstić information content (AvgIpc) is 2.74. The van der Waals surface area contributed by atoms with Gasteiger partial charge in [0.15, 0.2) is 0 Å². The molecule has 0 saturated carbocycles. The number of hydrogen-bond acceptors (Lipinski definition) is 2. The van der Waals surface area contributed by atoms with E-state index >= 15 is 0 Å². The summed E-state index contributed by atoms with van der Waals surface area (Å²) in [5, 5.41) is 12.2. The molecular weight excluding hydrogens is 362 g/mol. The molecular formula is C25H23NO3. The Hall–Kier alpha value is -3.66. The third-order valence-corrected chi connectivity index (χ3v) is 4.55. The molecule has 1 amide bonds. The van der Waals surface area contributed by atoms with Gasteiger partial charge in [0.25, 0.3) is 0 Å². The smallest absolute Gasteiger partial charge is 0.337 e. The van der Waals surface area contributed by atoms with Crippen LogP contribution in [0.5, 0.6) is 0 Å². The standard InChI is InChI=1S/C25H23NO3/c27-24(13-7-12-19-8-3-1-4-9-19)26-23-18-21(16-17-22(23)25(28)29)15-14-20-10-5-2-6-11-20/h1-12,16-18H,13-15H2,(H,26,27)(H,28,29). The van der Waals surface area contributed by atoms with E-state index in [1.807, 2.05) is 54.6 Å². The minimum Gasteiger partial charge on any atom is -0.478 e. The Morgan fingerprint density at radius 2 is 1.48 bits per heavy atom. The van der Waals surface area contributed by atoms with Crippen LogP contribution in [0.1, 0.15) is 33.5 Å². The molecule has 0 fully saturated rings. The molecule has 146 valence electrons. The zero-order valence-corrected chi connectivity index (χ0v) is 16.0. The lowest BCUT2D eigenvalue weighted by Gasteiger charge is -2.10. The van der Waals surface area contributed by atoms with Crippen molar-refractivity contribution in [2.24, 2.45) is 0 Å². The molecule has 0 spiro atoms. The van der Waals surface area contributed by atoms with E-state index < -0.39 is 5.97 Å². The van der Waals surface area contributed by atoms with E-state index in [0.717, 1.165) is 24.0 Å². The molecule has 4 heteroatoms. The quantitative estimate of drug-likeness (QED) is 0.559. The number of anilines is 1. The normalized spacial score (nSPS) is 10.8. The van der Waals surface area contributed by atoms with Gasteiger partial charge in [0.1, 0.15) is 0 Å². The number of carboxylic acid groups (broad SMARTS) is 1. The first-order valence-corrected chi connectivity index (χ1v) is 9.53. The van der Waals surface area contributed by atoms with Crippen LogP contribution < -0.4 is 5.32 Å². The number of carboxylic acids is 1. The van der Waals surface area contributed by atoms with Gasteiger partial charge in [-0.05, 0) is 41.7 Å². The highest BCUT2D eigenvalue weighted by Gasteiger charge is 2.13. The highest BCUT2D eigenvalue weighted by Crippen LogP contribution is 2.20. The number of carbonyl (C=O) groups excluding carboxylic acids is 1. The fourth-order valence-electron chi connectivity index (χ4n) is 3.04. The van der Waals surface area contributed by atoms with Crippen molar-refractivity contribution >= 4 is 23.6 Å². The minimum absolute atomic E-state index is 0.0915. The third-order valence-electron chi connectivity index (χ3n) is 4.55. The fraction of sp³-hybridized carbons (Fsp3) is 0.120. The van der Waals surface area contributed by atoms with Crippen LogP contribution in [0.25, 0.3) is 6.08 Å². The maximum Gasteiger partial charge on any atom is 0.337 e. The molecule has 4 nitrogen and oxygen atoms in total. The van der Waals surface area contributed by atoms with Gasteiger partial charge in [-0.15, -0.1) is 0 Å². The van der Waals surface area contributed by atoms with Gasteiger partial charge in [-0.2, -0.15) is 0 Å². The van der Waals surface area contributed by atoms with Gasteiger partial charge in [-0.1, -0.05) is 78.9 Å². The molecule has 0 aliphatic carbocycles. The number of carbonyl (C=O) groups is 2. The summed E-state index contributed by atoms with van der Waals surface area (Å²) in [5.41, 5.74) is 3.63. The van der Waals surface area contributed by atoms with Gasteiger partial charge in [-0.25, -0.2) is 4.79 Å². The first kappa shape index (κ1) is 20.1. The summed E-state index contributed by atoms with van der Waals surface area (Å²) in [6.45, 7) is 0. The summed E-state index contributed by atoms with van der Waals surface area (Å²) in [7, 11) is 0. The summed E-state index contributed by atoms with van der Waals surface area (Å²) >= 11 is 0. The molecule has 0 bridgehead atoms. The number of nitrogens with one attached hydrogen (secondary N) is 1. The predicted octanol–water partition coefficient (Wildman–Crippen LogP) is 5.21. The Kier molecular flexibility index (Phi) is 6.95. The van der Waals surface area contributed by atoms with Crippen molar-refractivity contribution in [2.75, 3.05) is 5.32 Å². The average molecular weight is 385 g/mol. The van der Waals surface area contributed by atoms with Crippen LogP contribution in [0.15, 0.2) is 84.9 Å². The molecule has 29 heavy (non-hydrogen) atoms. The fourth-order valence-corrected chi connectivity index (χ4v) is 3.04. The molecule has 0 aromatic heterocycles. The molecule has 0 aliphatic heterocycles. The SMILES string of the molecule is O=C(CC=Cc1ccccc1)Nc1cc(CCc2ccccc2)ccc1C(=O)O. The number of hydrogen-bond donors (Lipinski definition) is 2. The number of amides is 1. The molecule has 0 saturated heterocycles. The lowest BCUT2D eigenvalue weighted by molar-refractivity contribution is -0.115. The summed E-state index contributed by atoms with van der Waals surface area (Å²) in [4.78, 5) is 23.8. The van der Waals surface area contributed by atoms with Crippen molar-refractivity contribution < 1.29 is 14.7 Å². The van der Waals surface area contributed by atoms with Crippen LogP contribution in [0, 0.1) is 0 Å². The highest BCUT2D eigenvalue weighted by molar-refractivity contribution is 6.01. The van der Waals surface area contributed by atoms with Gasteiger partial charge in [0.2, 0.25) is 5.91 Å². The Balaban J connectivity index is 1.66. The van der Waals surface area contributed by atoms with Crippen LogP contribution in [-0.2, 0) is 17.6 Å². The van der Waals surface area contributed by atoms with E-state index in [-0.39, 0.29) is 17.9 Å². The third kappa shape index (κ3) is 6.18. The molecule has 0 radical (unpaired) electrons. The second-order valence-electron chi connectivity index (χ2n) is 6.74. The number of rotatable bonds is 8. The molecule has 0 atom stereocenters. The van der Waals surface area contributed by atoms with E-state index in [2.05, 4.69) is 17.4 Å². The largest absolute Gasteiger partial charge is 0.478 e. The van der Waals surface area contributed by atoms with Crippen molar-refractivity contribution in [2.45, 2.75) is 19.3 Å². The number of benzene rings is 3. The molecule has 0 heterocycles. The molecule has 0 unspecified atom stereocenters. The zero-order chi connectivity index (χ0) is 20.5. The number of aryl methyl sites for hydroxylation is 2. The lowest BCUT2D eigenvalue weighted by Crippen LogP contribution is -2.14. The maximum absolute atomic E-state index is 12.3. The minimum atomic E-state index is -1.06. The van der Waals surface area contributed by atoms with Crippen molar-refractivity contribution in [1.29, 1.82) is 0 Å². The van der Waals surface area contributed by atoms with E-state index in [0.29, 0.717) is 5.69 Å². The van der Waals surface area contributed by atoms with Gasteiger partial charge in [0, 0.05) is 6.42 Å². The monoisotopic (exact) mass is 385 g/mol. The van der Waals surface area contributed by atoms with Crippen LogP contribution in [0.3, 0.4) is 0 Å². The van der Waals surface area contributed by atoms with Crippen molar-refractivity contribution in [1.82, 2.24) is 0 Å². The molecule has 3 rings (SSSR count). The molecule has 0 aliphatic rings. The predicted molar refractivity (Wildman–Crippen MR) is 116 cm³/mol. The van der Waals surface area contributed by atoms with Gasteiger partial charge >= 0.3 is 5.97 Å². The summed E-state index contributed by atoms with van der Waals surface area (Å²) in [6, 6.07) is 24.9. The molecule has 3 aromatic carbocycles. The Bertz CT molecular complexity index is 995. The second-order valence-corrected chi connectivity index (χ2v) is 6.74. The van der Waals surface area contributed by atoms with E-state index in [1.54, 1.807) is 24.3 Å². The van der Waals surface area contributed by atoms with Crippen LogP contribution in [0.4, 0.5) is 5.69 Å². The van der Waals surface area contributed by atoms with E-state index in [9.17, 15) is 14.7 Å². The van der Waals surface area contributed by atoms with Gasteiger partial charge in [0.05, 0.1) is 11.3 Å². The molecule has 3 aromatic rings. The van der Waals surface area contributed by atoms with Gasteiger partial charge in [-0.3, -0.25) is 4.79 Å². The summed E-state index contributed by atoms with van der Waals surface area (Å²) in [6.07, 6.45) is 5.42. The van der Waals surface area contributed by atoms with Crippen molar-refractivity contribution in [3.05, 3.63) is 107 Å². The second kappa shape index (κ2) is 10.0. The van der Waals surface area contributed by atoms with E-state index in [1.165, 1.54) is 5.56 Å². The summed E-state index contributed by atoms with van der Waals surface area (Å²) < 4.78 is 0. The highest BCUT2D eigenvalue weighted by atomic mass is 16.4. The zero-order valence-electron chi connectivity index (χ0n) is 16.0. The summed E-state index contributed by atoms with van der Waals surface area (Å²) in [5.74, 6) is -1.31. The van der Waals surface area contributed by atoms with Crippen LogP contribution in [-0.4, -0.2) is 17.0 Å². The van der Waals surface area contributed by atoms with Crippen LogP contribution in [0.2, 0.25) is 0 Å². The lowest BCUT2D eigenvalue weighted by atomic mass is 10.0.